The monoisotopic (exact) mass is 538 g/mol. The summed E-state index contributed by atoms with van der Waals surface area (Å²) in [5.74, 6) is 5.38. The van der Waals surface area contributed by atoms with Crippen molar-refractivity contribution in [2.45, 2.75) is 17.9 Å². The van der Waals surface area contributed by atoms with Crippen molar-refractivity contribution in [1.82, 2.24) is 28.8 Å². The average molecular weight is 539 g/mol. The van der Waals surface area contributed by atoms with Crippen LogP contribution in [-0.4, -0.2) is 56.9 Å². The van der Waals surface area contributed by atoms with E-state index in [4.69, 9.17) is 0 Å². The molecule has 4 amide bonds. The van der Waals surface area contributed by atoms with Gasteiger partial charge in [-0.25, -0.2) is 9.59 Å². The fourth-order valence-corrected chi connectivity index (χ4v) is 6.47. The van der Waals surface area contributed by atoms with E-state index < -0.39 is 0 Å². The van der Waals surface area contributed by atoms with Gasteiger partial charge in [0.05, 0.1) is 11.4 Å². The van der Waals surface area contributed by atoms with Crippen LogP contribution in [0.1, 0.15) is 17.8 Å². The number of rotatable bonds is 16. The summed E-state index contributed by atoms with van der Waals surface area (Å²) in [6.07, 6.45) is 0.670. The van der Waals surface area contributed by atoms with Gasteiger partial charge >= 0.3 is 12.1 Å². The van der Waals surface area contributed by atoms with Crippen molar-refractivity contribution in [2.24, 2.45) is 0 Å². The standard InChI is InChI=1S/C17H26N6O2S6/c24-16(22-30-10-8-26-12-14-2-6-28-20-14)18-4-1-5-19-17(25)23-31-11-9-27-13-15-3-7-29-21-15/h2-3,6-7H,1,4-5,8-13H2,(H2,18,22,24)(H2,19,23,25). The topological polar surface area (TPSA) is 108 Å². The lowest BCUT2D eigenvalue weighted by molar-refractivity contribution is 0.245. The number of hydrogen-bond acceptors (Lipinski definition) is 10. The van der Waals surface area contributed by atoms with Gasteiger partial charge in [0.2, 0.25) is 0 Å². The van der Waals surface area contributed by atoms with Crippen molar-refractivity contribution in [1.29, 1.82) is 0 Å². The van der Waals surface area contributed by atoms with Gasteiger partial charge in [-0.15, -0.1) is 0 Å². The number of carbonyl (C=O) groups is 2. The van der Waals surface area contributed by atoms with Gasteiger partial charge in [-0.3, -0.25) is 9.44 Å². The molecule has 0 radical (unpaired) electrons. The maximum Gasteiger partial charge on any atom is 0.324 e. The van der Waals surface area contributed by atoms with Crippen molar-refractivity contribution in [3.05, 3.63) is 34.3 Å². The molecule has 0 saturated carbocycles. The second kappa shape index (κ2) is 17.7. The Hall–Kier alpha value is -0.800. The van der Waals surface area contributed by atoms with Crippen LogP contribution in [0.3, 0.4) is 0 Å². The van der Waals surface area contributed by atoms with Crippen LogP contribution in [0.25, 0.3) is 0 Å². The summed E-state index contributed by atoms with van der Waals surface area (Å²) in [6.45, 7) is 1.01. The highest BCUT2D eigenvalue weighted by Crippen LogP contribution is 2.13. The van der Waals surface area contributed by atoms with Crippen LogP contribution in [0.2, 0.25) is 0 Å². The minimum absolute atomic E-state index is 0.204. The molecule has 0 spiro atoms. The molecule has 0 saturated heterocycles. The third-order valence-corrected chi connectivity index (χ3v) is 8.57. The first-order valence-corrected chi connectivity index (χ1v) is 15.4. The molecule has 2 aromatic rings. The Morgan fingerprint density at radius 3 is 1.68 bits per heavy atom. The number of urea groups is 2. The van der Waals surface area contributed by atoms with E-state index in [1.54, 1.807) is 23.5 Å². The summed E-state index contributed by atoms with van der Waals surface area (Å²) in [5.41, 5.74) is 2.21. The third-order valence-electron chi connectivity index (χ3n) is 3.40. The Morgan fingerprint density at radius 1 is 0.774 bits per heavy atom. The molecule has 31 heavy (non-hydrogen) atoms. The lowest BCUT2D eigenvalue weighted by Crippen LogP contribution is -2.36. The van der Waals surface area contributed by atoms with Crippen molar-refractivity contribution in [3.63, 3.8) is 0 Å². The van der Waals surface area contributed by atoms with Gasteiger partial charge in [-0.1, -0.05) is 0 Å². The molecule has 14 heteroatoms. The van der Waals surface area contributed by atoms with E-state index in [1.165, 1.54) is 47.0 Å². The first-order valence-electron chi connectivity index (χ1n) is 9.49. The highest BCUT2D eigenvalue weighted by molar-refractivity contribution is 8.02. The van der Waals surface area contributed by atoms with Gasteiger partial charge in [0, 0.05) is 58.4 Å². The zero-order valence-corrected chi connectivity index (χ0v) is 21.7. The predicted molar refractivity (Wildman–Crippen MR) is 139 cm³/mol. The van der Waals surface area contributed by atoms with Crippen LogP contribution in [0.4, 0.5) is 9.59 Å². The van der Waals surface area contributed by atoms with Crippen molar-refractivity contribution >= 4 is 82.5 Å². The van der Waals surface area contributed by atoms with E-state index in [1.807, 2.05) is 22.9 Å². The molecule has 0 bridgehead atoms. The number of thioether (sulfide) groups is 2. The molecule has 2 rings (SSSR count). The minimum atomic E-state index is -0.204. The van der Waals surface area contributed by atoms with Gasteiger partial charge in [-0.2, -0.15) is 32.3 Å². The van der Waals surface area contributed by atoms with Crippen LogP contribution in [0, 0.1) is 0 Å². The van der Waals surface area contributed by atoms with E-state index in [0.29, 0.717) is 19.5 Å². The lowest BCUT2D eigenvalue weighted by Gasteiger charge is -2.08. The van der Waals surface area contributed by atoms with E-state index in [2.05, 4.69) is 28.8 Å². The number of nitrogens with zero attached hydrogens (tertiary/aromatic N) is 2. The summed E-state index contributed by atoms with van der Waals surface area (Å²) in [6, 6.07) is 3.65. The Bertz CT molecular complexity index is 659. The second-order valence-electron chi connectivity index (χ2n) is 5.85. The smallest absolute Gasteiger partial charge is 0.324 e. The summed E-state index contributed by atoms with van der Waals surface area (Å²) in [4.78, 5) is 23.4. The van der Waals surface area contributed by atoms with Crippen LogP contribution in [-0.2, 0) is 11.5 Å². The summed E-state index contributed by atoms with van der Waals surface area (Å²) in [5, 5.41) is 9.51. The molecular weight excluding hydrogens is 513 g/mol. The molecule has 172 valence electrons. The van der Waals surface area contributed by atoms with Crippen molar-refractivity contribution in [3.8, 4) is 0 Å². The van der Waals surface area contributed by atoms with Crippen LogP contribution < -0.4 is 20.1 Å². The zero-order valence-electron chi connectivity index (χ0n) is 16.8. The Labute approximate surface area is 208 Å². The zero-order chi connectivity index (χ0) is 22.0. The molecule has 0 aliphatic heterocycles. The minimum Gasteiger partial charge on any atom is -0.337 e. The lowest BCUT2D eigenvalue weighted by atomic mass is 10.4. The molecule has 0 atom stereocenters. The first-order chi connectivity index (χ1) is 15.2. The van der Waals surface area contributed by atoms with Crippen LogP contribution in [0.15, 0.2) is 22.9 Å². The van der Waals surface area contributed by atoms with Crippen molar-refractivity contribution < 1.29 is 9.59 Å². The maximum atomic E-state index is 11.7. The normalized spacial score (nSPS) is 10.6. The van der Waals surface area contributed by atoms with Gasteiger partial charge in [0.15, 0.2) is 0 Å². The molecule has 0 aliphatic rings. The summed E-state index contributed by atoms with van der Waals surface area (Å²) in [7, 11) is 0. The quantitative estimate of drug-likeness (QED) is 0.187. The second-order valence-corrected chi connectivity index (χ2v) is 11.2. The van der Waals surface area contributed by atoms with Crippen LogP contribution >= 0.6 is 70.5 Å². The summed E-state index contributed by atoms with van der Waals surface area (Å²) < 4.78 is 14.0. The summed E-state index contributed by atoms with van der Waals surface area (Å²) >= 11 is 9.32. The first kappa shape index (κ1) is 26.5. The SMILES string of the molecule is O=C(NCCCNC(=O)NSCCSCc1ccsn1)NSCCSCc1ccsn1. The molecule has 8 nitrogen and oxygen atoms in total. The number of nitrogens with one attached hydrogen (secondary N) is 4. The van der Waals surface area contributed by atoms with Gasteiger partial charge in [-0.05, 0) is 65.5 Å². The van der Waals surface area contributed by atoms with Gasteiger partial charge in [0.25, 0.3) is 0 Å². The number of hydrogen-bond donors (Lipinski definition) is 4. The third kappa shape index (κ3) is 14.1. The molecule has 4 N–H and O–H groups in total. The molecular formula is C17H26N6O2S6. The van der Waals surface area contributed by atoms with E-state index in [-0.39, 0.29) is 12.1 Å². The number of carbonyl (C=O) groups excluding carboxylic acids is 2. The molecule has 0 aliphatic carbocycles. The number of aromatic nitrogens is 2. The molecule has 0 fully saturated rings. The molecule has 0 aromatic carbocycles. The fraction of sp³-hybridized carbons (Fsp3) is 0.529. The molecule has 2 heterocycles. The number of amides is 4. The van der Waals surface area contributed by atoms with Gasteiger partial charge in [0.1, 0.15) is 0 Å². The highest BCUT2D eigenvalue weighted by atomic mass is 32.2. The molecule has 2 aromatic heterocycles. The Kier molecular flexibility index (Phi) is 15.1. The van der Waals surface area contributed by atoms with E-state index in [0.717, 1.165) is 45.9 Å². The largest absolute Gasteiger partial charge is 0.337 e. The Balaban J connectivity index is 1.30. The van der Waals surface area contributed by atoms with Crippen LogP contribution in [0.5, 0.6) is 0 Å². The Morgan fingerprint density at radius 2 is 1.26 bits per heavy atom. The average Bonchev–Trinajstić information content (AvgIpc) is 3.47. The van der Waals surface area contributed by atoms with E-state index in [9.17, 15) is 9.59 Å². The van der Waals surface area contributed by atoms with Gasteiger partial charge < -0.3 is 10.6 Å². The molecule has 0 unspecified atom stereocenters. The predicted octanol–water partition coefficient (Wildman–Crippen LogP) is 4.05. The maximum absolute atomic E-state index is 11.7. The fourth-order valence-electron chi connectivity index (χ4n) is 1.98. The highest BCUT2D eigenvalue weighted by Gasteiger charge is 2.02. The van der Waals surface area contributed by atoms with Crippen molar-refractivity contribution in [2.75, 3.05) is 36.1 Å². The van der Waals surface area contributed by atoms with E-state index >= 15 is 0 Å².